The Kier molecular flexibility index (Phi) is 5.17. The van der Waals surface area contributed by atoms with E-state index in [1.54, 1.807) is 18.1 Å². The standard InChI is InChI=1S/C23H22N8O2/c1-3-6-19-25-21-20(22(32)26-23(33)29(21)2)30(19)13-15-9-11-16(12-10-15)17-7-4-5-8-18(17)31-14-24-27-28-31/h4-5,7-12,14H,3,6,13H2,1-2H3,(H,26,32,33). The lowest BCUT2D eigenvalue weighted by atomic mass is 10.0. The van der Waals surface area contributed by atoms with Crippen LogP contribution < -0.4 is 11.2 Å². The zero-order valence-corrected chi connectivity index (χ0v) is 18.3. The highest BCUT2D eigenvalue weighted by atomic mass is 16.2. The number of H-pyrrole nitrogens is 1. The Hall–Kier alpha value is -4.34. The van der Waals surface area contributed by atoms with E-state index in [2.05, 4.69) is 32.4 Å². The molecule has 5 rings (SSSR count). The van der Waals surface area contributed by atoms with Gasteiger partial charge in [0.1, 0.15) is 12.2 Å². The molecule has 10 heteroatoms. The van der Waals surface area contributed by atoms with Crippen LogP contribution in [0, 0.1) is 0 Å². The topological polar surface area (TPSA) is 116 Å². The first-order valence-corrected chi connectivity index (χ1v) is 10.7. The number of aromatic amines is 1. The Morgan fingerprint density at radius 3 is 2.55 bits per heavy atom. The maximum atomic E-state index is 12.6. The molecule has 166 valence electrons. The third kappa shape index (κ3) is 3.65. The molecule has 1 N–H and O–H groups in total. The highest BCUT2D eigenvalue weighted by molar-refractivity contribution is 5.73. The number of tetrazole rings is 1. The maximum Gasteiger partial charge on any atom is 0.329 e. The molecule has 0 bridgehead atoms. The third-order valence-electron chi connectivity index (χ3n) is 5.67. The number of benzene rings is 2. The molecule has 0 aliphatic rings. The summed E-state index contributed by atoms with van der Waals surface area (Å²) < 4.78 is 4.92. The van der Waals surface area contributed by atoms with Crippen LogP contribution in [-0.2, 0) is 20.0 Å². The third-order valence-corrected chi connectivity index (χ3v) is 5.67. The number of aromatic nitrogens is 8. The van der Waals surface area contributed by atoms with Gasteiger partial charge >= 0.3 is 5.69 Å². The molecule has 0 radical (unpaired) electrons. The number of imidazole rings is 1. The predicted molar refractivity (Wildman–Crippen MR) is 123 cm³/mol. The molecule has 0 spiro atoms. The highest BCUT2D eigenvalue weighted by Crippen LogP contribution is 2.26. The van der Waals surface area contributed by atoms with E-state index in [0.717, 1.165) is 34.6 Å². The van der Waals surface area contributed by atoms with Gasteiger partial charge in [-0.1, -0.05) is 49.4 Å². The second-order valence-corrected chi connectivity index (χ2v) is 7.82. The number of para-hydroxylation sites is 1. The average molecular weight is 442 g/mol. The lowest BCUT2D eigenvalue weighted by Gasteiger charge is -2.11. The number of nitrogens with one attached hydrogen (secondary N) is 1. The zero-order chi connectivity index (χ0) is 22.9. The number of aryl methyl sites for hydroxylation is 2. The van der Waals surface area contributed by atoms with Crippen molar-refractivity contribution in [2.24, 2.45) is 7.05 Å². The van der Waals surface area contributed by atoms with Crippen LogP contribution in [0.2, 0.25) is 0 Å². The summed E-state index contributed by atoms with van der Waals surface area (Å²) in [4.78, 5) is 31.6. The summed E-state index contributed by atoms with van der Waals surface area (Å²) in [6, 6.07) is 16.0. The minimum atomic E-state index is -0.467. The van der Waals surface area contributed by atoms with Crippen molar-refractivity contribution in [3.8, 4) is 16.8 Å². The molecule has 0 fully saturated rings. The number of rotatable bonds is 6. The molecule has 33 heavy (non-hydrogen) atoms. The van der Waals surface area contributed by atoms with Crippen molar-refractivity contribution in [3.63, 3.8) is 0 Å². The van der Waals surface area contributed by atoms with Crippen LogP contribution in [-0.4, -0.2) is 39.3 Å². The molecule has 3 heterocycles. The lowest BCUT2D eigenvalue weighted by molar-refractivity contribution is 0.719. The van der Waals surface area contributed by atoms with E-state index in [9.17, 15) is 9.59 Å². The molecule has 5 aromatic rings. The minimum Gasteiger partial charge on any atom is -0.318 e. The van der Waals surface area contributed by atoms with Gasteiger partial charge in [-0.3, -0.25) is 14.3 Å². The minimum absolute atomic E-state index is 0.402. The summed E-state index contributed by atoms with van der Waals surface area (Å²) in [7, 11) is 1.62. The first kappa shape index (κ1) is 20.6. The molecule has 0 saturated carbocycles. The molecule has 0 saturated heterocycles. The van der Waals surface area contributed by atoms with E-state index in [4.69, 9.17) is 0 Å². The Bertz CT molecular complexity index is 1540. The summed E-state index contributed by atoms with van der Waals surface area (Å²) in [5.74, 6) is 0.785. The number of fused-ring (bicyclic) bond motifs is 1. The van der Waals surface area contributed by atoms with Crippen molar-refractivity contribution in [2.45, 2.75) is 26.3 Å². The summed E-state index contributed by atoms with van der Waals surface area (Å²) in [6.45, 7) is 2.53. The predicted octanol–water partition coefficient (Wildman–Crippen LogP) is 2.07. The monoisotopic (exact) mass is 442 g/mol. The van der Waals surface area contributed by atoms with E-state index in [-0.39, 0.29) is 0 Å². The molecular weight excluding hydrogens is 420 g/mol. The second kappa shape index (κ2) is 8.30. The van der Waals surface area contributed by atoms with Crippen LogP contribution >= 0.6 is 0 Å². The smallest absolute Gasteiger partial charge is 0.318 e. The molecule has 0 aliphatic carbocycles. The summed E-state index contributed by atoms with van der Waals surface area (Å²) in [5, 5.41) is 11.5. The molecule has 2 aromatic carbocycles. The molecule has 0 unspecified atom stereocenters. The Balaban J connectivity index is 1.54. The van der Waals surface area contributed by atoms with Gasteiger partial charge < -0.3 is 4.57 Å². The van der Waals surface area contributed by atoms with Crippen molar-refractivity contribution in [1.29, 1.82) is 0 Å². The van der Waals surface area contributed by atoms with Gasteiger partial charge in [0.15, 0.2) is 11.2 Å². The maximum absolute atomic E-state index is 12.6. The Labute approximate surface area is 188 Å². The van der Waals surface area contributed by atoms with Crippen LogP contribution in [0.3, 0.4) is 0 Å². The van der Waals surface area contributed by atoms with E-state index in [0.29, 0.717) is 24.1 Å². The summed E-state index contributed by atoms with van der Waals surface area (Å²) in [5.41, 5.74) is 3.85. The van der Waals surface area contributed by atoms with Crippen molar-refractivity contribution < 1.29 is 0 Å². The van der Waals surface area contributed by atoms with Crippen LogP contribution in [0.1, 0.15) is 24.7 Å². The van der Waals surface area contributed by atoms with Crippen LogP contribution in [0.25, 0.3) is 28.0 Å². The Morgan fingerprint density at radius 1 is 1.03 bits per heavy atom. The average Bonchev–Trinajstić information content (AvgIpc) is 3.48. The largest absolute Gasteiger partial charge is 0.329 e. The molecular formula is C23H22N8O2. The first-order valence-electron chi connectivity index (χ1n) is 10.7. The first-order chi connectivity index (χ1) is 16.1. The molecule has 0 atom stereocenters. The van der Waals surface area contributed by atoms with E-state index in [1.165, 1.54) is 4.57 Å². The van der Waals surface area contributed by atoms with Crippen LogP contribution in [0.15, 0.2) is 64.4 Å². The van der Waals surface area contributed by atoms with E-state index < -0.39 is 11.2 Å². The lowest BCUT2D eigenvalue weighted by Crippen LogP contribution is -2.29. The number of hydrogen-bond acceptors (Lipinski definition) is 6. The zero-order valence-electron chi connectivity index (χ0n) is 18.3. The van der Waals surface area contributed by atoms with Crippen LogP contribution in [0.5, 0.6) is 0 Å². The highest BCUT2D eigenvalue weighted by Gasteiger charge is 2.17. The number of nitrogens with zero attached hydrogens (tertiary/aromatic N) is 7. The second-order valence-electron chi connectivity index (χ2n) is 7.82. The SMILES string of the molecule is CCCc1nc2c(c(=O)[nH]c(=O)n2C)n1Cc1ccc(-c2ccccc2-n2cnnn2)cc1. The fourth-order valence-corrected chi connectivity index (χ4v) is 4.03. The van der Waals surface area contributed by atoms with Gasteiger partial charge in [0.05, 0.1) is 5.69 Å². The fraction of sp³-hybridized carbons (Fsp3) is 0.217. The van der Waals surface area contributed by atoms with Gasteiger partial charge in [0.25, 0.3) is 5.56 Å². The van der Waals surface area contributed by atoms with E-state index >= 15 is 0 Å². The molecule has 3 aromatic heterocycles. The van der Waals surface area contributed by atoms with Crippen molar-refractivity contribution in [1.82, 2.24) is 39.3 Å². The summed E-state index contributed by atoms with van der Waals surface area (Å²) in [6.07, 6.45) is 3.15. The van der Waals surface area contributed by atoms with E-state index in [1.807, 2.05) is 53.1 Å². The van der Waals surface area contributed by atoms with Crippen molar-refractivity contribution >= 4 is 11.2 Å². The molecule has 0 amide bonds. The van der Waals surface area contributed by atoms with Gasteiger partial charge in [-0.25, -0.2) is 9.78 Å². The van der Waals surface area contributed by atoms with Gasteiger partial charge in [-0.15, -0.1) is 5.10 Å². The van der Waals surface area contributed by atoms with Crippen molar-refractivity contribution in [2.75, 3.05) is 0 Å². The van der Waals surface area contributed by atoms with Crippen molar-refractivity contribution in [3.05, 3.63) is 87.1 Å². The fourth-order valence-electron chi connectivity index (χ4n) is 4.03. The summed E-state index contributed by atoms with van der Waals surface area (Å²) >= 11 is 0. The number of hydrogen-bond donors (Lipinski definition) is 1. The molecule has 0 aliphatic heterocycles. The van der Waals surface area contributed by atoms with Crippen LogP contribution in [0.4, 0.5) is 0 Å². The normalized spacial score (nSPS) is 11.3. The van der Waals surface area contributed by atoms with Gasteiger partial charge in [-0.2, -0.15) is 4.68 Å². The van der Waals surface area contributed by atoms with Gasteiger partial charge in [0, 0.05) is 25.6 Å². The Morgan fingerprint density at radius 2 is 1.82 bits per heavy atom. The quantitative estimate of drug-likeness (QED) is 0.430. The van der Waals surface area contributed by atoms with Gasteiger partial charge in [-0.05, 0) is 34.0 Å². The molecule has 10 nitrogen and oxygen atoms in total. The van der Waals surface area contributed by atoms with Gasteiger partial charge in [0.2, 0.25) is 0 Å².